The molecule has 1 aromatic rings. The normalized spacial score (nSPS) is 10.5. The van der Waals surface area contributed by atoms with Gasteiger partial charge in [-0.2, -0.15) is 0 Å². The van der Waals surface area contributed by atoms with Gasteiger partial charge in [0.1, 0.15) is 12.6 Å². The van der Waals surface area contributed by atoms with Crippen molar-refractivity contribution in [3.05, 3.63) is 29.6 Å². The van der Waals surface area contributed by atoms with Gasteiger partial charge < -0.3 is 15.2 Å². The van der Waals surface area contributed by atoms with Crippen molar-refractivity contribution in [3.8, 4) is 0 Å². The number of aromatic nitrogens is 1. The van der Waals surface area contributed by atoms with Crippen LogP contribution >= 0.6 is 0 Å². The Bertz CT molecular complexity index is 468. The monoisotopic (exact) mass is 308 g/mol. The van der Waals surface area contributed by atoms with Gasteiger partial charge in [-0.15, -0.1) is 0 Å². The van der Waals surface area contributed by atoms with Gasteiger partial charge in [0.15, 0.2) is 0 Å². The van der Waals surface area contributed by atoms with Crippen molar-refractivity contribution in [1.82, 2.24) is 10.3 Å². The van der Waals surface area contributed by atoms with Crippen molar-refractivity contribution in [2.75, 3.05) is 6.54 Å². The number of carbonyl (C=O) groups is 2. The highest BCUT2D eigenvalue weighted by atomic mass is 16.5. The number of aliphatic hydroxyl groups is 1. The van der Waals surface area contributed by atoms with E-state index in [4.69, 9.17) is 9.84 Å². The second kappa shape index (κ2) is 9.89. The van der Waals surface area contributed by atoms with Crippen LogP contribution in [0.2, 0.25) is 0 Å². The fourth-order valence-electron chi connectivity index (χ4n) is 2.04. The van der Waals surface area contributed by atoms with Crippen LogP contribution in [0, 0.1) is 0 Å². The molecular weight excluding hydrogens is 284 g/mol. The summed E-state index contributed by atoms with van der Waals surface area (Å²) < 4.78 is 5.35. The summed E-state index contributed by atoms with van der Waals surface area (Å²) in [6.07, 6.45) is 4.86. The molecule has 0 fully saturated rings. The van der Waals surface area contributed by atoms with Crippen LogP contribution in [0.1, 0.15) is 55.6 Å². The Morgan fingerprint density at radius 3 is 2.45 bits per heavy atom. The number of carbonyl (C=O) groups excluding carboxylic acids is 2. The third-order valence-corrected chi connectivity index (χ3v) is 3.16. The van der Waals surface area contributed by atoms with E-state index >= 15 is 0 Å². The molecule has 6 heteroatoms. The topological polar surface area (TPSA) is 88.5 Å². The first-order chi connectivity index (χ1) is 10.6. The SMILES string of the molecule is CCCC(CCC)OC(=O)CNC(=O)c1ccc(CO)nc1. The lowest BCUT2D eigenvalue weighted by atomic mass is 10.1. The van der Waals surface area contributed by atoms with Crippen molar-refractivity contribution >= 4 is 11.9 Å². The summed E-state index contributed by atoms with van der Waals surface area (Å²) in [5, 5.41) is 11.4. The summed E-state index contributed by atoms with van der Waals surface area (Å²) in [5.74, 6) is -0.823. The van der Waals surface area contributed by atoms with E-state index in [0.717, 1.165) is 25.7 Å². The molecule has 1 amide bonds. The number of esters is 1. The molecule has 0 atom stereocenters. The largest absolute Gasteiger partial charge is 0.461 e. The van der Waals surface area contributed by atoms with Crippen molar-refractivity contribution in [2.24, 2.45) is 0 Å². The minimum Gasteiger partial charge on any atom is -0.461 e. The minimum absolute atomic E-state index is 0.0788. The number of rotatable bonds is 9. The second-order valence-corrected chi connectivity index (χ2v) is 5.07. The third kappa shape index (κ3) is 6.22. The highest BCUT2D eigenvalue weighted by Crippen LogP contribution is 2.09. The summed E-state index contributed by atoms with van der Waals surface area (Å²) in [5.41, 5.74) is 0.821. The maximum Gasteiger partial charge on any atom is 0.325 e. The first-order valence-electron chi connectivity index (χ1n) is 7.64. The number of ether oxygens (including phenoxy) is 1. The lowest BCUT2D eigenvalue weighted by molar-refractivity contribution is -0.148. The van der Waals surface area contributed by atoms with Gasteiger partial charge in [0, 0.05) is 6.20 Å². The van der Waals surface area contributed by atoms with Gasteiger partial charge in [-0.1, -0.05) is 26.7 Å². The molecule has 6 nitrogen and oxygen atoms in total. The van der Waals surface area contributed by atoms with Gasteiger partial charge in [-0.05, 0) is 25.0 Å². The highest BCUT2D eigenvalue weighted by Gasteiger charge is 2.14. The number of aliphatic hydroxyl groups excluding tert-OH is 1. The second-order valence-electron chi connectivity index (χ2n) is 5.07. The molecule has 1 rings (SSSR count). The van der Waals surface area contributed by atoms with Crippen LogP contribution < -0.4 is 5.32 Å². The van der Waals surface area contributed by atoms with Crippen LogP contribution in [0.3, 0.4) is 0 Å². The van der Waals surface area contributed by atoms with Crippen LogP contribution in [0.15, 0.2) is 18.3 Å². The third-order valence-electron chi connectivity index (χ3n) is 3.16. The molecule has 0 aliphatic carbocycles. The number of pyridine rings is 1. The Morgan fingerprint density at radius 2 is 1.95 bits per heavy atom. The summed E-state index contributed by atoms with van der Waals surface area (Å²) in [6, 6.07) is 3.11. The zero-order valence-electron chi connectivity index (χ0n) is 13.2. The van der Waals surface area contributed by atoms with Crippen molar-refractivity contribution in [1.29, 1.82) is 0 Å². The first kappa shape index (κ1) is 18.1. The number of nitrogens with zero attached hydrogens (tertiary/aromatic N) is 1. The molecule has 22 heavy (non-hydrogen) atoms. The molecule has 0 unspecified atom stereocenters. The molecule has 1 aromatic heterocycles. The highest BCUT2D eigenvalue weighted by molar-refractivity contribution is 5.95. The number of hydrogen-bond donors (Lipinski definition) is 2. The maximum atomic E-state index is 11.9. The standard InChI is InChI=1S/C16H24N2O4/c1-3-5-14(6-4-2)22-15(20)10-18-16(21)12-7-8-13(11-19)17-9-12/h7-9,14,19H,3-6,10-11H2,1-2H3,(H,18,21). The number of hydrogen-bond acceptors (Lipinski definition) is 5. The zero-order chi connectivity index (χ0) is 16.4. The predicted octanol–water partition coefficient (Wildman–Crippen LogP) is 1.82. The van der Waals surface area contributed by atoms with E-state index in [2.05, 4.69) is 10.3 Å². The van der Waals surface area contributed by atoms with Gasteiger partial charge in [0.05, 0.1) is 17.9 Å². The predicted molar refractivity (Wildman–Crippen MR) is 82.2 cm³/mol. The molecule has 0 saturated carbocycles. The molecule has 2 N–H and O–H groups in total. The molecule has 1 heterocycles. The molecule has 122 valence electrons. The molecule has 0 spiro atoms. The Kier molecular flexibility index (Phi) is 8.14. The lowest BCUT2D eigenvalue weighted by Crippen LogP contribution is -2.32. The van der Waals surface area contributed by atoms with Crippen LogP contribution in [0.5, 0.6) is 0 Å². The fraction of sp³-hybridized carbons (Fsp3) is 0.562. The van der Waals surface area contributed by atoms with E-state index in [1.54, 1.807) is 12.1 Å². The fourth-order valence-corrected chi connectivity index (χ4v) is 2.04. The van der Waals surface area contributed by atoms with Gasteiger partial charge >= 0.3 is 5.97 Å². The average Bonchev–Trinajstić information content (AvgIpc) is 2.53. The van der Waals surface area contributed by atoms with Crippen LogP contribution in [-0.4, -0.2) is 34.6 Å². The maximum absolute atomic E-state index is 11.9. The Labute approximate surface area is 130 Å². The Morgan fingerprint density at radius 1 is 1.27 bits per heavy atom. The van der Waals surface area contributed by atoms with Gasteiger partial charge in [-0.25, -0.2) is 0 Å². The lowest BCUT2D eigenvalue weighted by Gasteiger charge is -2.16. The van der Waals surface area contributed by atoms with Crippen LogP contribution in [-0.2, 0) is 16.1 Å². The average molecular weight is 308 g/mol. The molecule has 0 aliphatic heterocycles. The van der Waals surface area contributed by atoms with Crippen molar-refractivity contribution in [3.63, 3.8) is 0 Å². The van der Waals surface area contributed by atoms with Crippen LogP contribution in [0.25, 0.3) is 0 Å². The molecule has 0 saturated heterocycles. The van der Waals surface area contributed by atoms with Gasteiger partial charge in [0.25, 0.3) is 5.91 Å². The quantitative estimate of drug-likeness (QED) is 0.679. The summed E-state index contributed by atoms with van der Waals surface area (Å²) >= 11 is 0. The first-order valence-corrected chi connectivity index (χ1v) is 7.64. The summed E-state index contributed by atoms with van der Waals surface area (Å²) in [6.45, 7) is 3.75. The van der Waals surface area contributed by atoms with Crippen LogP contribution in [0.4, 0.5) is 0 Å². The Balaban J connectivity index is 2.43. The van der Waals surface area contributed by atoms with E-state index in [0.29, 0.717) is 11.3 Å². The Hall–Kier alpha value is -1.95. The number of nitrogens with one attached hydrogen (secondary N) is 1. The molecule has 0 aliphatic rings. The minimum atomic E-state index is -0.430. The van der Waals surface area contributed by atoms with Gasteiger partial charge in [0.2, 0.25) is 0 Å². The molecule has 0 bridgehead atoms. The number of amides is 1. The van der Waals surface area contributed by atoms with E-state index in [1.165, 1.54) is 6.20 Å². The molecule has 0 aromatic carbocycles. The molecular formula is C16H24N2O4. The smallest absolute Gasteiger partial charge is 0.325 e. The van der Waals surface area contributed by atoms with E-state index in [1.807, 2.05) is 13.8 Å². The van der Waals surface area contributed by atoms with E-state index in [9.17, 15) is 9.59 Å². The zero-order valence-corrected chi connectivity index (χ0v) is 13.2. The van der Waals surface area contributed by atoms with Gasteiger partial charge in [-0.3, -0.25) is 14.6 Å². The van der Waals surface area contributed by atoms with E-state index in [-0.39, 0.29) is 19.3 Å². The summed E-state index contributed by atoms with van der Waals surface area (Å²) in [4.78, 5) is 27.5. The van der Waals surface area contributed by atoms with E-state index < -0.39 is 11.9 Å². The summed E-state index contributed by atoms with van der Waals surface area (Å²) in [7, 11) is 0. The van der Waals surface area contributed by atoms with Crippen molar-refractivity contribution in [2.45, 2.75) is 52.2 Å². The molecule has 0 radical (unpaired) electrons. The van der Waals surface area contributed by atoms with Crippen molar-refractivity contribution < 1.29 is 19.4 Å².